The van der Waals surface area contributed by atoms with Crippen LogP contribution in [0.25, 0.3) is 0 Å². The number of nitrogens with one attached hydrogen (secondary N) is 1. The minimum absolute atomic E-state index is 0.145. The second-order valence-corrected chi connectivity index (χ2v) is 7.27. The van der Waals surface area contributed by atoms with Crippen molar-refractivity contribution in [3.63, 3.8) is 0 Å². The molecule has 0 aliphatic carbocycles. The molecule has 0 bridgehead atoms. The lowest BCUT2D eigenvalue weighted by atomic mass is 10.0. The minimum Gasteiger partial charge on any atom is -0.469 e. The SMILES string of the molecule is O=C(CN1C(=O)c2ccccc2N2C(=O)c3ccccc3C12)NCCc1ccco1. The van der Waals surface area contributed by atoms with Crippen LogP contribution in [0.3, 0.4) is 0 Å². The molecule has 2 aromatic carbocycles. The number of anilines is 1. The molecule has 1 atom stereocenters. The molecule has 30 heavy (non-hydrogen) atoms. The van der Waals surface area contributed by atoms with Crippen LogP contribution in [-0.2, 0) is 11.2 Å². The predicted molar refractivity (Wildman–Crippen MR) is 109 cm³/mol. The standard InChI is InChI=1S/C23H19N3O4/c27-20(24-12-11-15-6-5-13-30-15)14-25-21-16-7-1-2-8-17(16)23(29)26(21)19-10-4-3-9-18(19)22(25)28/h1-10,13,21H,11-12,14H2,(H,24,27). The van der Waals surface area contributed by atoms with Gasteiger partial charge in [-0.2, -0.15) is 0 Å². The van der Waals surface area contributed by atoms with Gasteiger partial charge in [-0.3, -0.25) is 19.3 Å². The van der Waals surface area contributed by atoms with Crippen LogP contribution in [0.4, 0.5) is 5.69 Å². The van der Waals surface area contributed by atoms with Gasteiger partial charge in [0.25, 0.3) is 11.8 Å². The van der Waals surface area contributed by atoms with Crippen molar-refractivity contribution in [2.45, 2.75) is 12.6 Å². The van der Waals surface area contributed by atoms with Crippen molar-refractivity contribution in [2.75, 3.05) is 18.0 Å². The number of hydrogen-bond donors (Lipinski definition) is 1. The summed E-state index contributed by atoms with van der Waals surface area (Å²) in [6.07, 6.45) is 1.52. The number of hydrogen-bond acceptors (Lipinski definition) is 4. The first-order chi connectivity index (χ1) is 14.6. The van der Waals surface area contributed by atoms with Gasteiger partial charge >= 0.3 is 0 Å². The van der Waals surface area contributed by atoms with Gasteiger partial charge in [0.1, 0.15) is 18.5 Å². The van der Waals surface area contributed by atoms with Crippen molar-refractivity contribution in [3.05, 3.63) is 89.4 Å². The molecule has 3 heterocycles. The number of amides is 3. The van der Waals surface area contributed by atoms with Gasteiger partial charge in [0.15, 0.2) is 0 Å². The van der Waals surface area contributed by atoms with E-state index in [1.54, 1.807) is 53.6 Å². The molecule has 1 unspecified atom stereocenters. The summed E-state index contributed by atoms with van der Waals surface area (Å²) in [7, 11) is 0. The summed E-state index contributed by atoms with van der Waals surface area (Å²) in [5, 5.41) is 2.83. The highest BCUT2D eigenvalue weighted by Gasteiger charge is 2.47. The van der Waals surface area contributed by atoms with Gasteiger partial charge < -0.3 is 14.6 Å². The molecule has 3 amide bonds. The lowest BCUT2D eigenvalue weighted by Gasteiger charge is -2.40. The zero-order valence-corrected chi connectivity index (χ0v) is 16.1. The Morgan fingerprint density at radius 2 is 1.70 bits per heavy atom. The lowest BCUT2D eigenvalue weighted by Crippen LogP contribution is -2.51. The summed E-state index contributed by atoms with van der Waals surface area (Å²) in [4.78, 5) is 42.1. The van der Waals surface area contributed by atoms with Crippen molar-refractivity contribution < 1.29 is 18.8 Å². The van der Waals surface area contributed by atoms with Gasteiger partial charge in [-0.25, -0.2) is 0 Å². The molecule has 1 N–H and O–H groups in total. The third-order valence-corrected chi connectivity index (χ3v) is 5.47. The Balaban J connectivity index is 1.43. The van der Waals surface area contributed by atoms with Crippen LogP contribution in [0, 0.1) is 0 Å². The Kier molecular flexibility index (Phi) is 4.35. The number of furan rings is 1. The predicted octanol–water partition coefficient (Wildman–Crippen LogP) is 2.75. The minimum atomic E-state index is -0.632. The topological polar surface area (TPSA) is 82.9 Å². The summed E-state index contributed by atoms with van der Waals surface area (Å²) in [6.45, 7) is 0.253. The normalized spacial score (nSPS) is 16.9. The maximum atomic E-state index is 13.3. The van der Waals surface area contributed by atoms with Crippen LogP contribution >= 0.6 is 0 Å². The number of rotatable bonds is 5. The molecule has 0 saturated carbocycles. The van der Waals surface area contributed by atoms with E-state index < -0.39 is 6.17 Å². The van der Waals surface area contributed by atoms with Gasteiger partial charge in [-0.05, 0) is 30.3 Å². The summed E-state index contributed by atoms with van der Waals surface area (Å²) in [6, 6.07) is 17.9. The van der Waals surface area contributed by atoms with E-state index in [1.807, 2.05) is 18.2 Å². The van der Waals surface area contributed by atoms with E-state index in [2.05, 4.69) is 5.32 Å². The van der Waals surface area contributed by atoms with E-state index in [4.69, 9.17) is 4.42 Å². The van der Waals surface area contributed by atoms with Gasteiger partial charge in [-0.15, -0.1) is 0 Å². The van der Waals surface area contributed by atoms with Crippen molar-refractivity contribution in [2.24, 2.45) is 0 Å². The second-order valence-electron chi connectivity index (χ2n) is 7.27. The fourth-order valence-electron chi connectivity index (χ4n) is 4.12. The second kappa shape index (κ2) is 7.18. The van der Waals surface area contributed by atoms with Crippen LogP contribution in [0.15, 0.2) is 71.3 Å². The van der Waals surface area contributed by atoms with E-state index >= 15 is 0 Å². The maximum absolute atomic E-state index is 13.3. The van der Waals surface area contributed by atoms with E-state index in [0.29, 0.717) is 29.8 Å². The van der Waals surface area contributed by atoms with E-state index in [9.17, 15) is 14.4 Å². The number of nitrogens with zero attached hydrogens (tertiary/aromatic N) is 2. The van der Waals surface area contributed by atoms with Gasteiger partial charge in [0.05, 0.1) is 17.5 Å². The van der Waals surface area contributed by atoms with Gasteiger partial charge in [-0.1, -0.05) is 30.3 Å². The summed E-state index contributed by atoms with van der Waals surface area (Å²) in [5.41, 5.74) is 2.27. The molecular formula is C23H19N3O4. The van der Waals surface area contributed by atoms with Gasteiger partial charge in [0, 0.05) is 24.1 Å². The van der Waals surface area contributed by atoms with E-state index in [-0.39, 0.29) is 24.3 Å². The average Bonchev–Trinajstić information content (AvgIpc) is 3.38. The van der Waals surface area contributed by atoms with Crippen molar-refractivity contribution >= 4 is 23.4 Å². The van der Waals surface area contributed by atoms with Crippen LogP contribution in [0.2, 0.25) is 0 Å². The van der Waals surface area contributed by atoms with Crippen LogP contribution < -0.4 is 10.2 Å². The van der Waals surface area contributed by atoms with Crippen LogP contribution in [-0.4, -0.2) is 35.7 Å². The third kappa shape index (κ3) is 2.86. The molecule has 5 rings (SSSR count). The molecule has 150 valence electrons. The smallest absolute Gasteiger partial charge is 0.260 e. The average molecular weight is 401 g/mol. The largest absolute Gasteiger partial charge is 0.469 e. The highest BCUT2D eigenvalue weighted by Crippen LogP contribution is 2.44. The first kappa shape index (κ1) is 18.2. The first-order valence-corrected chi connectivity index (χ1v) is 9.77. The fourth-order valence-corrected chi connectivity index (χ4v) is 4.12. The molecule has 0 radical (unpaired) electrons. The number of carbonyl (C=O) groups excluding carboxylic acids is 3. The summed E-state index contributed by atoms with van der Waals surface area (Å²) >= 11 is 0. The Labute approximate surface area is 172 Å². The number of benzene rings is 2. The lowest BCUT2D eigenvalue weighted by molar-refractivity contribution is -0.122. The third-order valence-electron chi connectivity index (χ3n) is 5.47. The van der Waals surface area contributed by atoms with Crippen molar-refractivity contribution in [3.8, 4) is 0 Å². The fraction of sp³-hybridized carbons (Fsp3) is 0.174. The maximum Gasteiger partial charge on any atom is 0.260 e. The number of fused-ring (bicyclic) bond motifs is 5. The Bertz CT molecular complexity index is 1140. The van der Waals surface area contributed by atoms with Crippen molar-refractivity contribution in [1.29, 1.82) is 0 Å². The molecule has 2 aliphatic heterocycles. The molecule has 3 aromatic rings. The quantitative estimate of drug-likeness (QED) is 0.713. The molecule has 1 aromatic heterocycles. The highest BCUT2D eigenvalue weighted by molar-refractivity contribution is 6.17. The van der Waals surface area contributed by atoms with Crippen LogP contribution in [0.5, 0.6) is 0 Å². The summed E-state index contributed by atoms with van der Waals surface area (Å²) in [5.74, 6) is 0.0575. The zero-order chi connectivity index (χ0) is 20.7. The Hall–Kier alpha value is -3.87. The zero-order valence-electron chi connectivity index (χ0n) is 16.1. The monoisotopic (exact) mass is 401 g/mol. The Morgan fingerprint density at radius 1 is 0.933 bits per heavy atom. The summed E-state index contributed by atoms with van der Waals surface area (Å²) < 4.78 is 5.27. The molecular weight excluding hydrogens is 382 g/mol. The molecule has 0 saturated heterocycles. The van der Waals surface area contributed by atoms with E-state index in [1.165, 1.54) is 4.90 Å². The molecule has 0 fully saturated rings. The Morgan fingerprint density at radius 3 is 2.50 bits per heavy atom. The van der Waals surface area contributed by atoms with Crippen molar-refractivity contribution in [1.82, 2.24) is 10.2 Å². The number of para-hydroxylation sites is 1. The molecule has 0 spiro atoms. The molecule has 2 aliphatic rings. The molecule has 7 heteroatoms. The number of carbonyl (C=O) groups is 3. The van der Waals surface area contributed by atoms with Crippen LogP contribution in [0.1, 0.15) is 38.2 Å². The first-order valence-electron chi connectivity index (χ1n) is 9.77. The molecule has 7 nitrogen and oxygen atoms in total. The van der Waals surface area contributed by atoms with Gasteiger partial charge in [0.2, 0.25) is 5.91 Å². The van der Waals surface area contributed by atoms with E-state index in [0.717, 1.165) is 11.3 Å². The highest BCUT2D eigenvalue weighted by atomic mass is 16.3.